The molecule has 10 heteroatoms. The lowest BCUT2D eigenvalue weighted by molar-refractivity contribution is 0.589. The number of benzene rings is 9. The molecule has 9 rings (SSSR count). The van der Waals surface area contributed by atoms with E-state index in [1.54, 1.807) is 48.5 Å². The number of nitriles is 8. The Hall–Kier alpha value is -9.36. The Bertz CT molecular complexity index is 3950. The molecule has 0 aliphatic heterocycles. The van der Waals surface area contributed by atoms with Gasteiger partial charge in [-0.15, -0.1) is 0 Å². The Labute approximate surface area is 424 Å². The van der Waals surface area contributed by atoms with Crippen LogP contribution in [0.1, 0.15) is 52.7 Å². The summed E-state index contributed by atoms with van der Waals surface area (Å²) in [5, 5.41) is 93.1. The van der Waals surface area contributed by atoms with Gasteiger partial charge in [0.2, 0.25) is 0 Å². The second kappa shape index (κ2) is 18.5. The van der Waals surface area contributed by atoms with Gasteiger partial charge in [0.05, 0.1) is 0 Å². The number of rotatable bonds is 4. The van der Waals surface area contributed by atoms with Crippen LogP contribution in [0.15, 0.2) is 141 Å². The fraction of sp³-hybridized carbons (Fsp3) is 0.129. The molecule has 0 amide bonds. The van der Waals surface area contributed by atoms with Crippen molar-refractivity contribution in [2.75, 3.05) is 0 Å². The maximum Gasteiger partial charge on any atom is 0.138 e. The maximum absolute atomic E-state index is 10.6. The molecule has 0 fully saturated rings. The normalized spacial score (nSPS) is 11.2. The van der Waals surface area contributed by atoms with Crippen molar-refractivity contribution in [3.8, 4) is 48.6 Å². The summed E-state index contributed by atoms with van der Waals surface area (Å²) in [6.45, 7) is 12.9. The van der Waals surface area contributed by atoms with Crippen LogP contribution in [-0.4, -0.2) is 0 Å². The molecule has 0 radical (unpaired) electrons. The van der Waals surface area contributed by atoms with Gasteiger partial charge in [-0.25, -0.2) is 0 Å². The summed E-state index contributed by atoms with van der Waals surface area (Å²) in [7, 11) is 0. The van der Waals surface area contributed by atoms with E-state index in [1.165, 1.54) is 23.5 Å². The first-order valence-electron chi connectivity index (χ1n) is 22.7. The predicted octanol–water partition coefficient (Wildman–Crippen LogP) is 12.3. The molecule has 0 aliphatic rings. The van der Waals surface area contributed by atoms with Gasteiger partial charge < -0.3 is 0 Å². The number of hydrogen-bond donors (Lipinski definition) is 0. The first-order chi connectivity index (χ1) is 34.6. The van der Waals surface area contributed by atoms with E-state index in [4.69, 9.17) is 0 Å². The van der Waals surface area contributed by atoms with E-state index >= 15 is 0 Å². The predicted molar refractivity (Wildman–Crippen MR) is 287 cm³/mol. The molecule has 0 bridgehead atoms. The third-order valence-electron chi connectivity index (χ3n) is 13.1. The number of nitrogens with zero attached hydrogens (tertiary/aromatic N) is 8. The molecule has 72 heavy (non-hydrogen) atoms. The van der Waals surface area contributed by atoms with Gasteiger partial charge in [0.25, 0.3) is 0 Å². The zero-order chi connectivity index (χ0) is 51.2. The van der Waals surface area contributed by atoms with Crippen molar-refractivity contribution in [3.63, 3.8) is 0 Å². The van der Waals surface area contributed by atoms with E-state index in [1.807, 2.05) is 24.3 Å². The molecule has 9 aromatic rings. The summed E-state index contributed by atoms with van der Waals surface area (Å²) in [6.07, 6.45) is 0. The highest BCUT2D eigenvalue weighted by Crippen LogP contribution is 2.49. The van der Waals surface area contributed by atoms with Crippen LogP contribution in [-0.2, 0) is 10.8 Å². The first-order valence-corrected chi connectivity index (χ1v) is 24.3. The number of hydrogen-bond acceptors (Lipinski definition) is 10. The zero-order valence-electron chi connectivity index (χ0n) is 39.9. The average Bonchev–Trinajstić information content (AvgIpc) is 3.38. The fourth-order valence-electron chi connectivity index (χ4n) is 9.61. The van der Waals surface area contributed by atoms with E-state index in [-0.39, 0.29) is 33.1 Å². The molecule has 8 nitrogen and oxygen atoms in total. The Balaban J connectivity index is 1.65. The minimum absolute atomic E-state index is 0.130. The van der Waals surface area contributed by atoms with Crippen LogP contribution in [0.2, 0.25) is 0 Å². The van der Waals surface area contributed by atoms with Crippen LogP contribution in [0.5, 0.6) is 0 Å². The van der Waals surface area contributed by atoms with Gasteiger partial charge in [-0.3, -0.25) is 0 Å². The molecule has 0 N–H and O–H groups in total. The molecular formula is C62H38N8S2. The average molecular weight is 959 g/mol. The molecule has 0 heterocycles. The molecule has 338 valence electrons. The van der Waals surface area contributed by atoms with Crippen molar-refractivity contribution in [3.05, 3.63) is 153 Å². The van der Waals surface area contributed by atoms with E-state index in [0.29, 0.717) is 64.0 Å². The third-order valence-corrected chi connectivity index (χ3v) is 15.4. The van der Waals surface area contributed by atoms with Crippen LogP contribution in [0.4, 0.5) is 0 Å². The van der Waals surface area contributed by atoms with Crippen molar-refractivity contribution in [2.24, 2.45) is 0 Å². The van der Waals surface area contributed by atoms with Crippen molar-refractivity contribution in [2.45, 2.75) is 72.0 Å². The van der Waals surface area contributed by atoms with Crippen LogP contribution in [0.3, 0.4) is 0 Å². The summed E-state index contributed by atoms with van der Waals surface area (Å²) in [5.74, 6) is 0. The van der Waals surface area contributed by atoms with Crippen molar-refractivity contribution in [1.29, 1.82) is 42.1 Å². The minimum Gasteiger partial charge on any atom is -0.192 e. The highest BCUT2D eigenvalue weighted by atomic mass is 32.2. The zero-order valence-corrected chi connectivity index (χ0v) is 41.6. The quantitative estimate of drug-likeness (QED) is 0.153. The standard InChI is InChI=1S/C62H38N8S2/c1-61(2,3)39-15-19-41(20-16-39)71-59-51-23-47-49(57(37(31-67)32-68)45-13-9-7-11-43(45)55(47)35(27-63)28-64)25-53(51)60(72-42-21-17-40(18-22-42)62(4,5)6)54-26-50-48(24-52(54)59)56(36(29-65)30-66)44-12-8-10-14-46(44)58(50)38(33-69)34-70/h7-26H,1-6H3. The van der Waals surface area contributed by atoms with Gasteiger partial charge in [-0.1, -0.05) is 138 Å². The smallest absolute Gasteiger partial charge is 0.138 e. The van der Waals surface area contributed by atoms with Crippen LogP contribution in [0, 0.1) is 90.6 Å². The molecular weight excluding hydrogens is 921 g/mol. The Morgan fingerprint density at radius 1 is 0.306 bits per heavy atom. The topological polar surface area (TPSA) is 190 Å². The molecule has 0 spiro atoms. The summed E-state index contributed by atoms with van der Waals surface area (Å²) in [4.78, 5) is 3.28. The molecule has 0 saturated carbocycles. The van der Waals surface area contributed by atoms with Gasteiger partial charge in [0.1, 0.15) is 70.8 Å². The molecule has 9 aromatic carbocycles. The van der Waals surface area contributed by atoms with E-state index in [2.05, 4.69) is 139 Å². The van der Waals surface area contributed by atoms with Crippen LogP contribution < -0.4 is 20.9 Å². The van der Waals surface area contributed by atoms with E-state index < -0.39 is 0 Å². The highest BCUT2D eigenvalue weighted by molar-refractivity contribution is 8.00. The fourth-order valence-corrected chi connectivity index (χ4v) is 11.7. The van der Waals surface area contributed by atoms with Gasteiger partial charge in [0.15, 0.2) is 0 Å². The maximum atomic E-state index is 10.6. The second-order valence-electron chi connectivity index (χ2n) is 19.3. The Morgan fingerprint density at radius 3 is 0.722 bits per heavy atom. The van der Waals surface area contributed by atoms with Crippen LogP contribution in [0.25, 0.3) is 86.9 Å². The molecule has 0 saturated heterocycles. The van der Waals surface area contributed by atoms with Gasteiger partial charge >= 0.3 is 0 Å². The molecule has 0 unspecified atom stereocenters. The molecule has 0 aliphatic carbocycles. The summed E-state index contributed by atoms with van der Waals surface area (Å²) in [6, 6.07) is 55.8. The second-order valence-corrected chi connectivity index (χ2v) is 21.5. The Morgan fingerprint density at radius 2 is 0.528 bits per heavy atom. The van der Waals surface area contributed by atoms with Crippen molar-refractivity contribution < 1.29 is 0 Å². The van der Waals surface area contributed by atoms with E-state index in [0.717, 1.165) is 52.3 Å². The van der Waals surface area contributed by atoms with E-state index in [9.17, 15) is 42.1 Å². The minimum atomic E-state index is -0.146. The van der Waals surface area contributed by atoms with Gasteiger partial charge in [-0.05, 0) is 135 Å². The Kier molecular flexibility index (Phi) is 12.3. The molecule has 0 aromatic heterocycles. The summed E-state index contributed by atoms with van der Waals surface area (Å²) < 4.78 is 0. The van der Waals surface area contributed by atoms with Gasteiger partial charge in [-0.2, -0.15) is 42.1 Å². The monoisotopic (exact) mass is 958 g/mol. The largest absolute Gasteiger partial charge is 0.192 e. The SMILES string of the molecule is CC(C)(C)c1ccc(Sc2c3cc4c(=C(C#N)C#N)c5ccccc5c(=C(C#N)C#N)c4cc3c(Sc3ccc(C(C)(C)C)cc3)c3cc4c(=C(C#N)C#N)c5ccccc5c(=C(C#N)C#N)c4cc23)cc1. The highest BCUT2D eigenvalue weighted by Gasteiger charge is 2.24. The first kappa shape index (κ1) is 47.7. The molecule has 0 atom stereocenters. The lowest BCUT2D eigenvalue weighted by Crippen LogP contribution is -2.19. The lowest BCUT2D eigenvalue weighted by Gasteiger charge is -2.21. The summed E-state index contributed by atoms with van der Waals surface area (Å²) >= 11 is 3.00. The van der Waals surface area contributed by atoms with Gasteiger partial charge in [0, 0.05) is 40.5 Å². The number of fused-ring (bicyclic) bond motifs is 6. The van der Waals surface area contributed by atoms with Crippen molar-refractivity contribution >= 4 is 110 Å². The summed E-state index contributed by atoms with van der Waals surface area (Å²) in [5.41, 5.74) is 1.42. The van der Waals surface area contributed by atoms with Crippen molar-refractivity contribution in [1.82, 2.24) is 0 Å². The lowest BCUT2D eigenvalue weighted by atomic mass is 9.87. The third kappa shape index (κ3) is 7.96. The van der Waals surface area contributed by atoms with Crippen LogP contribution >= 0.6 is 23.5 Å².